The molecule has 0 saturated heterocycles. The third-order valence-electron chi connectivity index (χ3n) is 3.29. The lowest BCUT2D eigenvalue weighted by Gasteiger charge is -2.12. The van der Waals surface area contributed by atoms with Gasteiger partial charge in [0.1, 0.15) is 5.75 Å². The predicted molar refractivity (Wildman–Crippen MR) is 77.7 cm³/mol. The maximum atomic E-state index is 6.32. The maximum Gasteiger partial charge on any atom is 0.119 e. The standard InChI is InChI=1S/C15H18N2OS/c1-9-15(19-10(2)17-9)14(16)11-3-5-12(6-4-11)18-13-7-8-13/h3-6,13-14H,7-8,16H2,1-2H3. The van der Waals surface area contributed by atoms with Gasteiger partial charge >= 0.3 is 0 Å². The fourth-order valence-corrected chi connectivity index (χ4v) is 3.08. The Hall–Kier alpha value is -1.39. The van der Waals surface area contributed by atoms with E-state index in [0.717, 1.165) is 26.9 Å². The van der Waals surface area contributed by atoms with Crippen LogP contribution < -0.4 is 10.5 Å². The maximum absolute atomic E-state index is 6.32. The van der Waals surface area contributed by atoms with Crippen LogP contribution >= 0.6 is 11.3 Å². The van der Waals surface area contributed by atoms with Crippen LogP contribution in [0, 0.1) is 13.8 Å². The number of ether oxygens (including phenoxy) is 1. The lowest BCUT2D eigenvalue weighted by molar-refractivity contribution is 0.303. The molecule has 1 aromatic heterocycles. The fourth-order valence-electron chi connectivity index (χ4n) is 2.12. The molecule has 0 aliphatic heterocycles. The molecule has 1 atom stereocenters. The molecular formula is C15H18N2OS. The van der Waals surface area contributed by atoms with Crippen molar-refractivity contribution < 1.29 is 4.74 Å². The number of nitrogens with zero attached hydrogens (tertiary/aromatic N) is 1. The molecule has 1 aliphatic rings. The number of aryl methyl sites for hydroxylation is 2. The minimum atomic E-state index is -0.0961. The van der Waals surface area contributed by atoms with Crippen molar-refractivity contribution in [1.29, 1.82) is 0 Å². The molecule has 19 heavy (non-hydrogen) atoms. The first-order valence-corrected chi connectivity index (χ1v) is 7.41. The quantitative estimate of drug-likeness (QED) is 0.930. The van der Waals surface area contributed by atoms with E-state index in [2.05, 4.69) is 17.1 Å². The van der Waals surface area contributed by atoms with Gasteiger partial charge in [-0.05, 0) is 44.4 Å². The Morgan fingerprint density at radius 3 is 2.47 bits per heavy atom. The van der Waals surface area contributed by atoms with Gasteiger partial charge in [0.15, 0.2) is 0 Å². The summed E-state index contributed by atoms with van der Waals surface area (Å²) in [5, 5.41) is 1.07. The zero-order valence-corrected chi connectivity index (χ0v) is 12.0. The molecule has 0 radical (unpaired) electrons. The van der Waals surface area contributed by atoms with Crippen molar-refractivity contribution in [1.82, 2.24) is 4.98 Å². The lowest BCUT2D eigenvalue weighted by Crippen LogP contribution is -2.11. The molecular weight excluding hydrogens is 256 g/mol. The molecule has 3 rings (SSSR count). The van der Waals surface area contributed by atoms with Crippen LogP contribution in [0.4, 0.5) is 0 Å². The third kappa shape index (κ3) is 2.80. The van der Waals surface area contributed by atoms with Crippen LogP contribution in [-0.2, 0) is 0 Å². The zero-order valence-electron chi connectivity index (χ0n) is 11.2. The number of hydrogen-bond acceptors (Lipinski definition) is 4. The molecule has 0 bridgehead atoms. The summed E-state index contributed by atoms with van der Waals surface area (Å²) in [4.78, 5) is 5.58. The lowest BCUT2D eigenvalue weighted by atomic mass is 10.1. The van der Waals surface area contributed by atoms with Gasteiger partial charge in [0.05, 0.1) is 22.8 Å². The van der Waals surface area contributed by atoms with Crippen LogP contribution in [-0.4, -0.2) is 11.1 Å². The Kier molecular flexibility index (Phi) is 3.29. The Balaban J connectivity index is 1.78. The molecule has 2 aromatic rings. The van der Waals surface area contributed by atoms with Crippen LogP contribution in [0.5, 0.6) is 5.75 Å². The summed E-state index contributed by atoms with van der Waals surface area (Å²) < 4.78 is 5.74. The SMILES string of the molecule is Cc1nc(C)c(C(N)c2ccc(OC3CC3)cc2)s1. The summed E-state index contributed by atoms with van der Waals surface area (Å²) in [6, 6.07) is 8.03. The predicted octanol–water partition coefficient (Wildman–Crippen LogP) is 3.35. The van der Waals surface area contributed by atoms with Crippen molar-refractivity contribution in [2.24, 2.45) is 5.73 Å². The molecule has 1 unspecified atom stereocenters. The zero-order chi connectivity index (χ0) is 13.4. The van der Waals surface area contributed by atoms with E-state index in [1.54, 1.807) is 11.3 Å². The van der Waals surface area contributed by atoms with Crippen molar-refractivity contribution in [3.8, 4) is 5.75 Å². The van der Waals surface area contributed by atoms with Gasteiger partial charge in [0.2, 0.25) is 0 Å². The van der Waals surface area contributed by atoms with E-state index < -0.39 is 0 Å². The Morgan fingerprint density at radius 1 is 1.26 bits per heavy atom. The van der Waals surface area contributed by atoms with Crippen molar-refractivity contribution in [2.45, 2.75) is 38.8 Å². The second-order valence-electron chi connectivity index (χ2n) is 5.05. The summed E-state index contributed by atoms with van der Waals surface area (Å²) in [6.45, 7) is 4.03. The molecule has 1 fully saturated rings. The van der Waals surface area contributed by atoms with Gasteiger partial charge in [-0.15, -0.1) is 11.3 Å². The highest BCUT2D eigenvalue weighted by Gasteiger charge is 2.23. The van der Waals surface area contributed by atoms with Crippen molar-refractivity contribution in [3.05, 3.63) is 45.4 Å². The monoisotopic (exact) mass is 274 g/mol. The highest BCUT2D eigenvalue weighted by molar-refractivity contribution is 7.11. The van der Waals surface area contributed by atoms with Gasteiger partial charge in [-0.25, -0.2) is 4.98 Å². The molecule has 0 amide bonds. The summed E-state index contributed by atoms with van der Waals surface area (Å²) in [5.41, 5.74) is 8.47. The first-order valence-electron chi connectivity index (χ1n) is 6.59. The molecule has 100 valence electrons. The first kappa shape index (κ1) is 12.6. The second-order valence-corrected chi connectivity index (χ2v) is 6.28. The summed E-state index contributed by atoms with van der Waals surface area (Å²) in [7, 11) is 0. The van der Waals surface area contributed by atoms with E-state index in [-0.39, 0.29) is 6.04 Å². The van der Waals surface area contributed by atoms with Crippen molar-refractivity contribution in [3.63, 3.8) is 0 Å². The molecule has 1 saturated carbocycles. The van der Waals surface area contributed by atoms with Crippen LogP contribution in [0.25, 0.3) is 0 Å². The molecule has 0 spiro atoms. The van der Waals surface area contributed by atoms with Gasteiger partial charge < -0.3 is 10.5 Å². The van der Waals surface area contributed by atoms with Crippen LogP contribution in [0.1, 0.15) is 40.0 Å². The van der Waals surface area contributed by atoms with Crippen LogP contribution in [0.15, 0.2) is 24.3 Å². The van der Waals surface area contributed by atoms with E-state index >= 15 is 0 Å². The molecule has 1 aromatic carbocycles. The molecule has 2 N–H and O–H groups in total. The summed E-state index contributed by atoms with van der Waals surface area (Å²) in [6.07, 6.45) is 2.80. The number of nitrogens with two attached hydrogens (primary N) is 1. The Labute approximate surface area is 117 Å². The van der Waals surface area contributed by atoms with Crippen LogP contribution in [0.3, 0.4) is 0 Å². The smallest absolute Gasteiger partial charge is 0.119 e. The number of thiazole rings is 1. The van der Waals surface area contributed by atoms with E-state index in [0.29, 0.717) is 6.10 Å². The number of rotatable bonds is 4. The Bertz CT molecular complexity index is 572. The highest BCUT2D eigenvalue weighted by atomic mass is 32.1. The average molecular weight is 274 g/mol. The topological polar surface area (TPSA) is 48.1 Å². The van der Waals surface area contributed by atoms with Gasteiger partial charge in [-0.1, -0.05) is 12.1 Å². The Morgan fingerprint density at radius 2 is 1.95 bits per heavy atom. The summed E-state index contributed by atoms with van der Waals surface area (Å²) >= 11 is 1.67. The molecule has 4 heteroatoms. The molecule has 1 aliphatic carbocycles. The highest BCUT2D eigenvalue weighted by Crippen LogP contribution is 2.30. The molecule has 1 heterocycles. The third-order valence-corrected chi connectivity index (χ3v) is 4.44. The number of benzene rings is 1. The minimum absolute atomic E-state index is 0.0961. The van der Waals surface area contributed by atoms with Gasteiger partial charge in [-0.2, -0.15) is 0 Å². The normalized spacial score (nSPS) is 16.4. The average Bonchev–Trinajstić information content (AvgIpc) is 3.13. The number of aromatic nitrogens is 1. The van der Waals surface area contributed by atoms with E-state index in [9.17, 15) is 0 Å². The van der Waals surface area contributed by atoms with E-state index in [1.807, 2.05) is 26.0 Å². The van der Waals surface area contributed by atoms with Gasteiger partial charge in [0, 0.05) is 4.88 Å². The van der Waals surface area contributed by atoms with Crippen LogP contribution in [0.2, 0.25) is 0 Å². The van der Waals surface area contributed by atoms with Crippen molar-refractivity contribution >= 4 is 11.3 Å². The second kappa shape index (κ2) is 4.94. The van der Waals surface area contributed by atoms with Gasteiger partial charge in [0.25, 0.3) is 0 Å². The minimum Gasteiger partial charge on any atom is -0.490 e. The fraction of sp³-hybridized carbons (Fsp3) is 0.400. The first-order chi connectivity index (χ1) is 9.13. The molecule has 3 nitrogen and oxygen atoms in total. The van der Waals surface area contributed by atoms with Gasteiger partial charge in [-0.3, -0.25) is 0 Å². The van der Waals surface area contributed by atoms with E-state index in [1.165, 1.54) is 12.8 Å². The van der Waals surface area contributed by atoms with E-state index in [4.69, 9.17) is 10.5 Å². The largest absolute Gasteiger partial charge is 0.490 e. The van der Waals surface area contributed by atoms with Crippen molar-refractivity contribution in [2.75, 3.05) is 0 Å². The summed E-state index contributed by atoms with van der Waals surface area (Å²) in [5.74, 6) is 0.940. The number of hydrogen-bond donors (Lipinski definition) is 1.